The van der Waals surface area contributed by atoms with Crippen molar-refractivity contribution in [3.8, 4) is 0 Å². The summed E-state index contributed by atoms with van der Waals surface area (Å²) in [5.41, 5.74) is 3.87. The molecule has 4 amide bonds. The fourth-order valence-electron chi connectivity index (χ4n) is 5.09. The molecule has 2 N–H and O–H groups in total. The number of fused-ring (bicyclic) bond motifs is 1. The number of urea groups is 1. The van der Waals surface area contributed by atoms with E-state index in [4.69, 9.17) is 4.98 Å². The smallest absolute Gasteiger partial charge is 0.331 e. The Morgan fingerprint density at radius 1 is 1.07 bits per heavy atom. The molecule has 0 radical (unpaired) electrons. The van der Waals surface area contributed by atoms with E-state index in [1.807, 2.05) is 35.9 Å². The lowest BCUT2D eigenvalue weighted by atomic mass is 10.1. The Kier molecular flexibility index (Phi) is 5.83. The van der Waals surface area contributed by atoms with Gasteiger partial charge in [0.05, 0.1) is 17.9 Å². The zero-order valence-electron chi connectivity index (χ0n) is 22.5. The fraction of sp³-hybridized carbons (Fsp3) is 0.370. The summed E-state index contributed by atoms with van der Waals surface area (Å²) in [4.78, 5) is 66.4. The summed E-state index contributed by atoms with van der Waals surface area (Å²) in [6, 6.07) is 3.43. The summed E-state index contributed by atoms with van der Waals surface area (Å²) < 4.78 is 1.90. The van der Waals surface area contributed by atoms with Crippen molar-refractivity contribution in [1.29, 1.82) is 0 Å². The first-order chi connectivity index (χ1) is 19.8. The maximum Gasteiger partial charge on any atom is 0.331 e. The molecule has 0 bridgehead atoms. The largest absolute Gasteiger partial charge is 0.348 e. The average molecular weight is 554 g/mol. The van der Waals surface area contributed by atoms with Crippen LogP contribution in [0, 0.1) is 12.8 Å². The van der Waals surface area contributed by atoms with Crippen LogP contribution in [-0.4, -0.2) is 70.6 Å². The van der Waals surface area contributed by atoms with Gasteiger partial charge in [-0.3, -0.25) is 24.7 Å². The number of pyridine rings is 1. The molecule has 14 nitrogen and oxygen atoms in total. The van der Waals surface area contributed by atoms with Gasteiger partial charge in [-0.1, -0.05) is 0 Å². The molecular formula is C27H27N11O3. The van der Waals surface area contributed by atoms with Gasteiger partial charge in [0.25, 0.3) is 0 Å². The minimum Gasteiger partial charge on any atom is -0.348 e. The minimum absolute atomic E-state index is 0.0101. The molecule has 7 rings (SSSR count). The van der Waals surface area contributed by atoms with Gasteiger partial charge in [-0.25, -0.2) is 29.7 Å². The predicted molar refractivity (Wildman–Crippen MR) is 146 cm³/mol. The molecule has 2 atom stereocenters. The van der Waals surface area contributed by atoms with Gasteiger partial charge >= 0.3 is 6.03 Å². The van der Waals surface area contributed by atoms with Crippen molar-refractivity contribution >= 4 is 41.1 Å². The predicted octanol–water partition coefficient (Wildman–Crippen LogP) is 2.25. The number of nitrogens with zero attached hydrogens (tertiary/aromatic N) is 9. The van der Waals surface area contributed by atoms with E-state index in [1.165, 1.54) is 18.3 Å². The molecule has 4 aromatic rings. The van der Waals surface area contributed by atoms with E-state index in [-0.39, 0.29) is 48.1 Å². The number of carbonyl (C=O) groups is 3. The van der Waals surface area contributed by atoms with E-state index in [1.54, 1.807) is 6.20 Å². The number of imide groups is 1. The first-order valence-electron chi connectivity index (χ1n) is 13.5. The van der Waals surface area contributed by atoms with E-state index in [2.05, 4.69) is 35.6 Å². The second-order valence-corrected chi connectivity index (χ2v) is 10.7. The van der Waals surface area contributed by atoms with Crippen LogP contribution in [0.3, 0.4) is 0 Å². The lowest BCUT2D eigenvalue weighted by Gasteiger charge is -2.17. The van der Waals surface area contributed by atoms with E-state index in [0.29, 0.717) is 41.7 Å². The topological polar surface area (TPSA) is 164 Å². The van der Waals surface area contributed by atoms with Crippen LogP contribution in [0.2, 0.25) is 0 Å². The number of imidazole rings is 1. The Hall–Kier alpha value is -5.01. The maximum atomic E-state index is 12.8. The van der Waals surface area contributed by atoms with Crippen LogP contribution in [-0.2, 0) is 16.1 Å². The van der Waals surface area contributed by atoms with E-state index < -0.39 is 0 Å². The van der Waals surface area contributed by atoms with Crippen molar-refractivity contribution in [1.82, 2.24) is 39.2 Å². The highest BCUT2D eigenvalue weighted by Gasteiger charge is 2.46. The first-order valence-corrected chi connectivity index (χ1v) is 13.5. The van der Waals surface area contributed by atoms with Crippen molar-refractivity contribution in [2.45, 2.75) is 44.6 Å². The van der Waals surface area contributed by atoms with Crippen molar-refractivity contribution < 1.29 is 14.4 Å². The fourth-order valence-corrected chi connectivity index (χ4v) is 5.09. The molecule has 3 fully saturated rings. The summed E-state index contributed by atoms with van der Waals surface area (Å²) >= 11 is 0. The van der Waals surface area contributed by atoms with Gasteiger partial charge < -0.3 is 9.72 Å². The number of aryl methyl sites for hydroxylation is 1. The van der Waals surface area contributed by atoms with Gasteiger partial charge in [0, 0.05) is 43.2 Å². The molecule has 0 aromatic carbocycles. The third-order valence-electron chi connectivity index (χ3n) is 7.63. The third kappa shape index (κ3) is 4.81. The number of hydrogen-bond donors (Lipinski definition) is 2. The summed E-state index contributed by atoms with van der Waals surface area (Å²) in [6.07, 6.45) is 9.82. The lowest BCUT2D eigenvalue weighted by molar-refractivity contribution is -0.124. The van der Waals surface area contributed by atoms with Gasteiger partial charge in [0.15, 0.2) is 5.65 Å². The molecule has 1 saturated heterocycles. The van der Waals surface area contributed by atoms with Crippen LogP contribution in [0.15, 0.2) is 37.1 Å². The number of rotatable bonds is 8. The number of hydrogen-bond acceptors (Lipinski definition) is 10. The van der Waals surface area contributed by atoms with Gasteiger partial charge in [0.1, 0.15) is 18.7 Å². The van der Waals surface area contributed by atoms with E-state index in [9.17, 15) is 14.4 Å². The monoisotopic (exact) mass is 553 g/mol. The lowest BCUT2D eigenvalue weighted by Crippen LogP contribution is -2.30. The van der Waals surface area contributed by atoms with Gasteiger partial charge in [-0.2, -0.15) is 4.98 Å². The molecule has 208 valence electrons. The Balaban J connectivity index is 1.05. The number of likely N-dealkylation sites (N-methyl/N-ethyl adjacent to an activating group) is 1. The van der Waals surface area contributed by atoms with Crippen molar-refractivity contribution in [3.63, 3.8) is 0 Å². The summed E-state index contributed by atoms with van der Waals surface area (Å²) in [5, 5.41) is 5.90. The number of anilines is 3. The highest BCUT2D eigenvalue weighted by Crippen LogP contribution is 2.46. The molecule has 2 unspecified atom stereocenters. The Morgan fingerprint density at radius 3 is 2.66 bits per heavy atom. The maximum absolute atomic E-state index is 12.8. The molecule has 2 aliphatic carbocycles. The summed E-state index contributed by atoms with van der Waals surface area (Å²) in [6.45, 7) is 2.17. The molecule has 3 aliphatic rings. The van der Waals surface area contributed by atoms with E-state index >= 15 is 0 Å². The Morgan fingerprint density at radius 2 is 1.90 bits per heavy atom. The molecule has 2 saturated carbocycles. The SMILES string of the molecule is Cc1ccnc(C2CC2C(=O)Nc2ncnc(NCc3cn4cc(C5CC5)cc(N5CC(=O)N(C)C5=O)c4n3)n2)n1. The van der Waals surface area contributed by atoms with Crippen LogP contribution >= 0.6 is 0 Å². The summed E-state index contributed by atoms with van der Waals surface area (Å²) in [7, 11) is 1.49. The van der Waals surface area contributed by atoms with Crippen LogP contribution in [0.1, 0.15) is 53.9 Å². The second kappa shape index (κ2) is 9.57. The molecule has 4 aromatic heterocycles. The van der Waals surface area contributed by atoms with E-state index in [0.717, 1.165) is 29.0 Å². The van der Waals surface area contributed by atoms with Crippen LogP contribution in [0.25, 0.3) is 5.65 Å². The van der Waals surface area contributed by atoms with Crippen molar-refractivity contribution in [2.24, 2.45) is 5.92 Å². The van der Waals surface area contributed by atoms with Gasteiger partial charge in [-0.15, -0.1) is 0 Å². The van der Waals surface area contributed by atoms with Crippen LogP contribution in [0.5, 0.6) is 0 Å². The molecule has 1 aliphatic heterocycles. The summed E-state index contributed by atoms with van der Waals surface area (Å²) in [5.74, 6) is 0.880. The van der Waals surface area contributed by atoms with Gasteiger partial charge in [-0.05, 0) is 49.8 Å². The Labute approximate surface area is 234 Å². The van der Waals surface area contributed by atoms with Crippen LogP contribution in [0.4, 0.5) is 22.4 Å². The zero-order chi connectivity index (χ0) is 28.2. The number of carbonyl (C=O) groups excluding carboxylic acids is 3. The standard InChI is InChI=1S/C27H27N11O3/c1-14-5-6-28-22(32-14)18-8-19(18)24(40)34-26-31-13-30-25(35-26)29-9-17-11-37-10-16(15-3-4-15)7-20(23(37)33-17)38-12-21(39)36(2)27(38)41/h5-7,10-11,13,15,18-19H,3-4,8-9,12H2,1-2H3,(H2,29,30,31,34,35,40). The normalized spacial score (nSPS) is 20.1. The van der Waals surface area contributed by atoms with Gasteiger partial charge in [0.2, 0.25) is 23.7 Å². The zero-order valence-corrected chi connectivity index (χ0v) is 22.5. The average Bonchev–Trinajstić information content (AvgIpc) is 3.89. The quantitative estimate of drug-likeness (QED) is 0.309. The number of aromatic nitrogens is 7. The first kappa shape index (κ1) is 25.0. The molecular weight excluding hydrogens is 526 g/mol. The number of amides is 4. The second-order valence-electron chi connectivity index (χ2n) is 10.7. The van der Waals surface area contributed by atoms with Crippen molar-refractivity contribution in [2.75, 3.05) is 29.1 Å². The Bertz CT molecular complexity index is 1720. The minimum atomic E-state index is -0.365. The molecule has 41 heavy (non-hydrogen) atoms. The number of nitrogens with one attached hydrogen (secondary N) is 2. The molecule has 14 heteroatoms. The third-order valence-corrected chi connectivity index (χ3v) is 7.63. The van der Waals surface area contributed by atoms with Crippen LogP contribution < -0.4 is 15.5 Å². The highest BCUT2D eigenvalue weighted by molar-refractivity contribution is 6.13. The van der Waals surface area contributed by atoms with Crippen molar-refractivity contribution in [3.05, 3.63) is 59.8 Å². The molecule has 5 heterocycles. The highest BCUT2D eigenvalue weighted by atomic mass is 16.2. The molecule has 0 spiro atoms.